The molecule has 1 saturated carbocycles. The Kier molecular flexibility index (Phi) is 3.51. The van der Waals surface area contributed by atoms with Crippen molar-refractivity contribution in [2.24, 2.45) is 5.92 Å². The van der Waals surface area contributed by atoms with Crippen LogP contribution in [0.4, 0.5) is 10.5 Å². The van der Waals surface area contributed by atoms with E-state index in [4.69, 9.17) is 4.74 Å². The molecule has 1 atom stereocenters. The van der Waals surface area contributed by atoms with E-state index in [1.54, 1.807) is 4.90 Å². The van der Waals surface area contributed by atoms with Crippen LogP contribution >= 0.6 is 0 Å². The largest absolute Gasteiger partial charge is 0.447 e. The number of hydrogen-bond donors (Lipinski definition) is 0. The SMILES string of the molecule is Cc1ccc2c(c1)N1C(=O)OCC1CCN(C(=O)C1CCC1)C2. The molecule has 2 fully saturated rings. The van der Waals surface area contributed by atoms with Gasteiger partial charge in [0.2, 0.25) is 5.91 Å². The van der Waals surface area contributed by atoms with Gasteiger partial charge in [0, 0.05) is 19.0 Å². The van der Waals surface area contributed by atoms with Crippen LogP contribution in [0.15, 0.2) is 18.2 Å². The summed E-state index contributed by atoms with van der Waals surface area (Å²) in [5.41, 5.74) is 3.05. The standard InChI is InChI=1S/C18H22N2O3/c1-12-5-6-14-10-19(17(21)13-3-2-4-13)8-7-15-11-23-18(22)20(15)16(14)9-12/h5-6,9,13,15H,2-4,7-8,10-11H2,1H3. The Balaban J connectivity index is 1.69. The summed E-state index contributed by atoms with van der Waals surface area (Å²) in [5, 5.41) is 0. The molecule has 5 heteroatoms. The van der Waals surface area contributed by atoms with Gasteiger partial charge in [0.15, 0.2) is 0 Å². The van der Waals surface area contributed by atoms with Gasteiger partial charge < -0.3 is 9.64 Å². The number of aryl methyl sites for hydroxylation is 1. The van der Waals surface area contributed by atoms with Gasteiger partial charge in [-0.2, -0.15) is 0 Å². The first kappa shape index (κ1) is 14.5. The van der Waals surface area contributed by atoms with E-state index in [2.05, 4.69) is 0 Å². The van der Waals surface area contributed by atoms with Gasteiger partial charge >= 0.3 is 6.09 Å². The zero-order valence-electron chi connectivity index (χ0n) is 13.5. The smallest absolute Gasteiger partial charge is 0.414 e. The molecule has 4 rings (SSSR count). The normalized spacial score (nSPS) is 24.2. The number of amides is 2. The number of carbonyl (C=O) groups is 2. The predicted molar refractivity (Wildman–Crippen MR) is 86.2 cm³/mol. The van der Waals surface area contributed by atoms with Crippen molar-refractivity contribution in [3.05, 3.63) is 29.3 Å². The molecule has 0 radical (unpaired) electrons. The molecule has 2 amide bonds. The Labute approximate surface area is 136 Å². The third-order valence-electron chi connectivity index (χ3n) is 5.32. The van der Waals surface area contributed by atoms with Crippen molar-refractivity contribution in [1.82, 2.24) is 4.90 Å². The Morgan fingerprint density at radius 2 is 2.09 bits per heavy atom. The van der Waals surface area contributed by atoms with Crippen molar-refractivity contribution in [3.63, 3.8) is 0 Å². The second-order valence-corrected chi connectivity index (χ2v) is 6.91. The molecule has 2 heterocycles. The molecular weight excluding hydrogens is 292 g/mol. The molecule has 0 spiro atoms. The second-order valence-electron chi connectivity index (χ2n) is 6.91. The number of cyclic esters (lactones) is 1. The highest BCUT2D eigenvalue weighted by Gasteiger charge is 2.38. The average molecular weight is 314 g/mol. The lowest BCUT2D eigenvalue weighted by Gasteiger charge is -2.36. The van der Waals surface area contributed by atoms with Gasteiger partial charge in [-0.05, 0) is 43.4 Å². The third-order valence-corrected chi connectivity index (χ3v) is 5.32. The van der Waals surface area contributed by atoms with Crippen LogP contribution in [0.1, 0.15) is 36.8 Å². The van der Waals surface area contributed by atoms with E-state index in [-0.39, 0.29) is 24.0 Å². The fraction of sp³-hybridized carbons (Fsp3) is 0.556. The highest BCUT2D eigenvalue weighted by Crippen LogP contribution is 2.34. The van der Waals surface area contributed by atoms with Crippen LogP contribution in [0.2, 0.25) is 0 Å². The number of carbonyl (C=O) groups excluding carboxylic acids is 2. The summed E-state index contributed by atoms with van der Waals surface area (Å²) in [6.45, 7) is 3.71. The molecule has 1 unspecified atom stereocenters. The van der Waals surface area contributed by atoms with E-state index in [1.165, 1.54) is 6.42 Å². The summed E-state index contributed by atoms with van der Waals surface area (Å²) < 4.78 is 5.27. The van der Waals surface area contributed by atoms with Crippen LogP contribution in [-0.4, -0.2) is 36.1 Å². The molecule has 2 aliphatic heterocycles. The molecule has 0 N–H and O–H groups in total. The molecule has 23 heavy (non-hydrogen) atoms. The molecule has 1 aromatic carbocycles. The molecule has 1 aliphatic carbocycles. The average Bonchev–Trinajstić information content (AvgIpc) is 2.81. The fourth-order valence-electron chi connectivity index (χ4n) is 3.69. The van der Waals surface area contributed by atoms with Crippen molar-refractivity contribution < 1.29 is 14.3 Å². The molecule has 0 bridgehead atoms. The number of hydrogen-bond acceptors (Lipinski definition) is 3. The Morgan fingerprint density at radius 1 is 1.26 bits per heavy atom. The van der Waals surface area contributed by atoms with Gasteiger partial charge in [-0.25, -0.2) is 4.79 Å². The Bertz CT molecular complexity index is 654. The Hall–Kier alpha value is -2.04. The van der Waals surface area contributed by atoms with Crippen LogP contribution in [0.5, 0.6) is 0 Å². The number of fused-ring (bicyclic) bond motifs is 3. The van der Waals surface area contributed by atoms with Crippen LogP contribution in [0, 0.1) is 12.8 Å². The molecule has 1 aromatic rings. The maximum Gasteiger partial charge on any atom is 0.414 e. The molecule has 3 aliphatic rings. The maximum absolute atomic E-state index is 12.7. The highest BCUT2D eigenvalue weighted by molar-refractivity contribution is 5.91. The van der Waals surface area contributed by atoms with E-state index in [0.717, 1.165) is 36.1 Å². The van der Waals surface area contributed by atoms with Crippen molar-refractivity contribution in [2.45, 2.75) is 45.2 Å². The van der Waals surface area contributed by atoms with Crippen molar-refractivity contribution in [2.75, 3.05) is 18.1 Å². The number of ether oxygens (including phenoxy) is 1. The van der Waals surface area contributed by atoms with Crippen molar-refractivity contribution >= 4 is 17.7 Å². The first-order valence-electron chi connectivity index (χ1n) is 8.48. The number of nitrogens with zero attached hydrogens (tertiary/aromatic N) is 2. The monoisotopic (exact) mass is 314 g/mol. The van der Waals surface area contributed by atoms with E-state index in [0.29, 0.717) is 19.7 Å². The summed E-state index contributed by atoms with van der Waals surface area (Å²) in [6.07, 6.45) is 3.72. The van der Waals surface area contributed by atoms with Gasteiger partial charge in [-0.15, -0.1) is 0 Å². The van der Waals surface area contributed by atoms with E-state index < -0.39 is 0 Å². The summed E-state index contributed by atoms with van der Waals surface area (Å²) in [5.74, 6) is 0.488. The van der Waals surface area contributed by atoms with E-state index >= 15 is 0 Å². The van der Waals surface area contributed by atoms with Crippen LogP contribution in [-0.2, 0) is 16.1 Å². The second kappa shape index (κ2) is 5.55. The quantitative estimate of drug-likeness (QED) is 0.801. The minimum Gasteiger partial charge on any atom is -0.447 e. The number of anilines is 1. The lowest BCUT2D eigenvalue weighted by atomic mass is 9.84. The first-order valence-corrected chi connectivity index (χ1v) is 8.48. The zero-order chi connectivity index (χ0) is 16.0. The minimum atomic E-state index is -0.263. The third kappa shape index (κ3) is 2.48. The van der Waals surface area contributed by atoms with Gasteiger partial charge in [-0.1, -0.05) is 18.6 Å². The topological polar surface area (TPSA) is 49.9 Å². The number of rotatable bonds is 1. The summed E-state index contributed by atoms with van der Waals surface area (Å²) in [4.78, 5) is 28.6. The van der Waals surface area contributed by atoms with Crippen molar-refractivity contribution in [3.8, 4) is 0 Å². The van der Waals surface area contributed by atoms with Gasteiger partial charge in [-0.3, -0.25) is 9.69 Å². The van der Waals surface area contributed by atoms with Gasteiger partial charge in [0.25, 0.3) is 0 Å². The summed E-state index contributed by atoms with van der Waals surface area (Å²) >= 11 is 0. The molecule has 1 saturated heterocycles. The van der Waals surface area contributed by atoms with Crippen LogP contribution in [0.3, 0.4) is 0 Å². The molecule has 0 aromatic heterocycles. The Morgan fingerprint density at radius 3 is 2.83 bits per heavy atom. The van der Waals surface area contributed by atoms with Crippen molar-refractivity contribution in [1.29, 1.82) is 0 Å². The molecule has 122 valence electrons. The fourth-order valence-corrected chi connectivity index (χ4v) is 3.69. The lowest BCUT2D eigenvalue weighted by Crippen LogP contribution is -2.44. The molecular formula is C18H22N2O3. The lowest BCUT2D eigenvalue weighted by molar-refractivity contribution is -0.139. The highest BCUT2D eigenvalue weighted by atomic mass is 16.6. The van der Waals surface area contributed by atoms with Crippen LogP contribution < -0.4 is 4.90 Å². The van der Waals surface area contributed by atoms with E-state index in [1.807, 2.05) is 30.0 Å². The van der Waals surface area contributed by atoms with E-state index in [9.17, 15) is 9.59 Å². The van der Waals surface area contributed by atoms with Gasteiger partial charge in [0.1, 0.15) is 6.61 Å². The van der Waals surface area contributed by atoms with Gasteiger partial charge in [0.05, 0.1) is 11.7 Å². The number of benzene rings is 1. The summed E-state index contributed by atoms with van der Waals surface area (Å²) in [6, 6.07) is 6.15. The predicted octanol–water partition coefficient (Wildman–Crippen LogP) is 2.85. The zero-order valence-corrected chi connectivity index (χ0v) is 13.5. The maximum atomic E-state index is 12.7. The summed E-state index contributed by atoms with van der Waals surface area (Å²) in [7, 11) is 0. The molecule has 5 nitrogen and oxygen atoms in total. The first-order chi connectivity index (χ1) is 11.1. The minimum absolute atomic E-state index is 0.0278. The van der Waals surface area contributed by atoms with Crippen LogP contribution in [0.25, 0.3) is 0 Å².